The number of nitrogens with zero attached hydrogens (tertiary/aromatic N) is 2. The van der Waals surface area contributed by atoms with Gasteiger partial charge in [0.15, 0.2) is 12.4 Å². The van der Waals surface area contributed by atoms with Crippen molar-refractivity contribution in [2.45, 2.75) is 85.2 Å². The topological polar surface area (TPSA) is 126 Å². The zero-order valence-electron chi connectivity index (χ0n) is 16.4. The van der Waals surface area contributed by atoms with Crippen molar-refractivity contribution in [1.29, 1.82) is 10.5 Å². The van der Waals surface area contributed by atoms with Crippen LogP contribution in [0.5, 0.6) is 0 Å². The molecule has 2 amide bonds. The van der Waals surface area contributed by atoms with Gasteiger partial charge in [0.25, 0.3) is 0 Å². The normalized spacial score (nSPS) is 11.5. The zero-order chi connectivity index (χ0) is 20.2. The first-order chi connectivity index (χ1) is 12.1. The third-order valence-electron chi connectivity index (χ3n) is 4.75. The minimum absolute atomic E-state index is 0.274. The molecule has 0 unspecified atom stereocenters. The van der Waals surface area contributed by atoms with Crippen molar-refractivity contribution in [2.75, 3.05) is 0 Å². The summed E-state index contributed by atoms with van der Waals surface area (Å²) in [5, 5.41) is 31.4. The Labute approximate surface area is 156 Å². The van der Waals surface area contributed by atoms with E-state index < -0.39 is 10.8 Å². The predicted octanol–water partition coefficient (Wildman–Crippen LogP) is 2.72. The Morgan fingerprint density at radius 1 is 0.846 bits per heavy atom. The first-order valence-corrected chi connectivity index (χ1v) is 9.14. The molecular formula is C19H32N4O3. The standard InChI is InChI=1S/C19H32N4O3/c1-18(2,16(25)22-13-20)11-7-5-9-15(24)10-6-8-12-19(3,4)17(26)23-14-21/h15,24H,5-12H2,1-4H3,(H,22,25)(H,23,26). The average molecular weight is 364 g/mol. The van der Waals surface area contributed by atoms with Gasteiger partial charge in [-0.3, -0.25) is 20.2 Å². The molecule has 0 saturated heterocycles. The fraction of sp³-hybridized carbons (Fsp3) is 0.789. The number of hydrogen-bond donors (Lipinski definition) is 3. The number of hydrogen-bond acceptors (Lipinski definition) is 5. The summed E-state index contributed by atoms with van der Waals surface area (Å²) in [4.78, 5) is 23.4. The molecule has 0 aromatic rings. The number of amides is 2. The number of nitrogens with one attached hydrogen (secondary N) is 2. The predicted molar refractivity (Wildman–Crippen MR) is 98.0 cm³/mol. The van der Waals surface area contributed by atoms with Gasteiger partial charge >= 0.3 is 0 Å². The SMILES string of the molecule is CC(C)(CCCCC(O)CCCCC(C)(C)C(=O)NC#N)C(=O)NC#N. The Kier molecular flexibility index (Phi) is 10.6. The molecule has 26 heavy (non-hydrogen) atoms. The molecule has 0 saturated carbocycles. The minimum atomic E-state index is -0.587. The lowest BCUT2D eigenvalue weighted by Crippen LogP contribution is -2.34. The Balaban J connectivity index is 3.93. The molecule has 0 rings (SSSR count). The van der Waals surface area contributed by atoms with Gasteiger partial charge in [-0.1, -0.05) is 53.4 Å². The van der Waals surface area contributed by atoms with Gasteiger partial charge in [-0.05, 0) is 25.7 Å². The van der Waals surface area contributed by atoms with Crippen LogP contribution in [0.25, 0.3) is 0 Å². The molecule has 0 heterocycles. The summed E-state index contributed by atoms with van der Waals surface area (Å²) in [5.74, 6) is -0.549. The summed E-state index contributed by atoms with van der Waals surface area (Å²) in [5.41, 5.74) is -1.17. The number of aliphatic hydroxyl groups is 1. The van der Waals surface area contributed by atoms with Crippen molar-refractivity contribution in [3.8, 4) is 12.4 Å². The van der Waals surface area contributed by atoms with E-state index in [1.54, 1.807) is 40.1 Å². The molecule has 0 aromatic heterocycles. The summed E-state index contributed by atoms with van der Waals surface area (Å²) >= 11 is 0. The Morgan fingerprint density at radius 3 is 1.50 bits per heavy atom. The lowest BCUT2D eigenvalue weighted by atomic mass is 9.85. The van der Waals surface area contributed by atoms with Crippen LogP contribution in [0.3, 0.4) is 0 Å². The second-order valence-electron chi connectivity index (χ2n) is 8.05. The molecule has 7 heteroatoms. The van der Waals surface area contributed by atoms with E-state index in [2.05, 4.69) is 10.6 Å². The molecule has 0 aliphatic rings. The highest BCUT2D eigenvalue weighted by molar-refractivity contribution is 5.83. The smallest absolute Gasteiger partial charge is 0.238 e. The van der Waals surface area contributed by atoms with Crippen LogP contribution in [0.4, 0.5) is 0 Å². The number of unbranched alkanes of at least 4 members (excludes halogenated alkanes) is 2. The second kappa shape index (κ2) is 11.5. The van der Waals surface area contributed by atoms with Gasteiger partial charge in [0, 0.05) is 10.8 Å². The summed E-state index contributed by atoms with van der Waals surface area (Å²) in [6.45, 7) is 7.22. The molecule has 7 nitrogen and oxygen atoms in total. The van der Waals surface area contributed by atoms with Crippen molar-refractivity contribution in [1.82, 2.24) is 10.6 Å². The molecule has 0 atom stereocenters. The van der Waals surface area contributed by atoms with Crippen molar-refractivity contribution in [3.05, 3.63) is 0 Å². The van der Waals surface area contributed by atoms with E-state index in [4.69, 9.17) is 10.5 Å². The molecule has 0 spiro atoms. The molecule has 0 aromatic carbocycles. The minimum Gasteiger partial charge on any atom is -0.393 e. The third-order valence-corrected chi connectivity index (χ3v) is 4.75. The summed E-state index contributed by atoms with van der Waals surface area (Å²) in [7, 11) is 0. The van der Waals surface area contributed by atoms with Crippen LogP contribution in [0.2, 0.25) is 0 Å². The van der Waals surface area contributed by atoms with E-state index in [1.807, 2.05) is 0 Å². The highest BCUT2D eigenvalue weighted by Gasteiger charge is 2.27. The monoisotopic (exact) mass is 364 g/mol. The van der Waals surface area contributed by atoms with Crippen LogP contribution >= 0.6 is 0 Å². The summed E-state index contributed by atoms with van der Waals surface area (Å²) in [6.07, 6.45) is 8.86. The maximum atomic E-state index is 11.7. The van der Waals surface area contributed by atoms with Gasteiger partial charge in [-0.2, -0.15) is 10.5 Å². The lowest BCUT2D eigenvalue weighted by molar-refractivity contribution is -0.129. The maximum absolute atomic E-state index is 11.7. The van der Waals surface area contributed by atoms with Crippen LogP contribution in [0, 0.1) is 33.7 Å². The van der Waals surface area contributed by atoms with Gasteiger partial charge in [0.1, 0.15) is 0 Å². The third kappa shape index (κ3) is 9.39. The van der Waals surface area contributed by atoms with Gasteiger partial charge in [-0.25, -0.2) is 0 Å². The quantitative estimate of drug-likeness (QED) is 0.279. The molecular weight excluding hydrogens is 332 g/mol. The molecule has 0 bridgehead atoms. The number of carbonyl (C=O) groups excluding carboxylic acids is 2. The fourth-order valence-electron chi connectivity index (χ4n) is 2.71. The number of aliphatic hydroxyl groups excluding tert-OH is 1. The van der Waals surface area contributed by atoms with E-state index in [0.717, 1.165) is 25.7 Å². The van der Waals surface area contributed by atoms with Crippen molar-refractivity contribution in [3.63, 3.8) is 0 Å². The highest BCUT2D eigenvalue weighted by Crippen LogP contribution is 2.26. The van der Waals surface area contributed by atoms with Gasteiger partial charge < -0.3 is 5.11 Å². The van der Waals surface area contributed by atoms with Crippen LogP contribution in [0.15, 0.2) is 0 Å². The van der Waals surface area contributed by atoms with E-state index in [1.165, 1.54) is 0 Å². The average Bonchev–Trinajstić information content (AvgIpc) is 2.56. The Hall–Kier alpha value is -2.12. The zero-order valence-corrected chi connectivity index (χ0v) is 16.4. The second-order valence-corrected chi connectivity index (χ2v) is 8.05. The van der Waals surface area contributed by atoms with E-state index >= 15 is 0 Å². The van der Waals surface area contributed by atoms with Crippen molar-refractivity contribution in [2.24, 2.45) is 10.8 Å². The molecule has 0 aliphatic carbocycles. The van der Waals surface area contributed by atoms with Crippen LogP contribution in [-0.2, 0) is 9.59 Å². The number of carbonyl (C=O) groups is 2. The largest absolute Gasteiger partial charge is 0.393 e. The van der Waals surface area contributed by atoms with Crippen LogP contribution in [0.1, 0.15) is 79.1 Å². The summed E-state index contributed by atoms with van der Waals surface area (Å²) < 4.78 is 0. The van der Waals surface area contributed by atoms with E-state index in [0.29, 0.717) is 25.7 Å². The molecule has 3 N–H and O–H groups in total. The lowest BCUT2D eigenvalue weighted by Gasteiger charge is -2.22. The van der Waals surface area contributed by atoms with Crippen LogP contribution in [-0.4, -0.2) is 23.0 Å². The van der Waals surface area contributed by atoms with E-state index in [9.17, 15) is 14.7 Å². The van der Waals surface area contributed by atoms with Gasteiger partial charge in [0.2, 0.25) is 11.8 Å². The van der Waals surface area contributed by atoms with Crippen molar-refractivity contribution < 1.29 is 14.7 Å². The van der Waals surface area contributed by atoms with Gasteiger partial charge in [-0.15, -0.1) is 0 Å². The molecule has 0 fully saturated rings. The molecule has 146 valence electrons. The first-order valence-electron chi connectivity index (χ1n) is 9.14. The van der Waals surface area contributed by atoms with E-state index in [-0.39, 0.29) is 17.9 Å². The van der Waals surface area contributed by atoms with Crippen molar-refractivity contribution >= 4 is 11.8 Å². The molecule has 0 aliphatic heterocycles. The Bertz CT molecular complexity index is 496. The summed E-state index contributed by atoms with van der Waals surface area (Å²) in [6, 6.07) is 0. The van der Waals surface area contributed by atoms with Gasteiger partial charge in [0.05, 0.1) is 6.10 Å². The maximum Gasteiger partial charge on any atom is 0.238 e. The molecule has 0 radical (unpaired) electrons. The number of nitriles is 2. The number of rotatable bonds is 12. The van der Waals surface area contributed by atoms with Crippen LogP contribution < -0.4 is 10.6 Å². The Morgan fingerprint density at radius 2 is 1.19 bits per heavy atom. The first kappa shape index (κ1) is 23.9. The highest BCUT2D eigenvalue weighted by atomic mass is 16.3. The fourth-order valence-corrected chi connectivity index (χ4v) is 2.71.